The lowest BCUT2D eigenvalue weighted by Crippen LogP contribution is -2.10. The summed E-state index contributed by atoms with van der Waals surface area (Å²) in [6, 6.07) is 2.09. The van der Waals surface area contributed by atoms with Gasteiger partial charge in [0, 0.05) is 12.3 Å². The van der Waals surface area contributed by atoms with Gasteiger partial charge in [-0.05, 0) is 19.8 Å². The molecule has 0 radical (unpaired) electrons. The van der Waals surface area contributed by atoms with E-state index in [4.69, 9.17) is 5.26 Å². The van der Waals surface area contributed by atoms with Crippen LogP contribution < -0.4 is 0 Å². The van der Waals surface area contributed by atoms with Crippen LogP contribution in [0.1, 0.15) is 52.4 Å². The van der Waals surface area contributed by atoms with E-state index in [2.05, 4.69) is 13.0 Å². The van der Waals surface area contributed by atoms with Gasteiger partial charge >= 0.3 is 0 Å². The standard InChI is InChI=1S/C11H19NO/c1-3-4-5-7-11(10(2)13)8-6-9-12/h11H,3-8H2,1-2H3. The van der Waals surface area contributed by atoms with Gasteiger partial charge in [0.1, 0.15) is 5.78 Å². The zero-order valence-electron chi connectivity index (χ0n) is 8.68. The Bertz CT molecular complexity index is 181. The fraction of sp³-hybridized carbons (Fsp3) is 0.818. The molecule has 0 N–H and O–H groups in total. The molecule has 0 aliphatic rings. The van der Waals surface area contributed by atoms with Gasteiger partial charge in [-0.1, -0.05) is 26.2 Å². The van der Waals surface area contributed by atoms with Crippen molar-refractivity contribution in [3.8, 4) is 6.07 Å². The van der Waals surface area contributed by atoms with Gasteiger partial charge in [-0.15, -0.1) is 0 Å². The van der Waals surface area contributed by atoms with Crippen molar-refractivity contribution in [2.24, 2.45) is 5.92 Å². The summed E-state index contributed by atoms with van der Waals surface area (Å²) in [5.41, 5.74) is 0. The zero-order chi connectivity index (χ0) is 10.1. The van der Waals surface area contributed by atoms with E-state index in [-0.39, 0.29) is 11.7 Å². The molecule has 0 heterocycles. The third-order valence-corrected chi connectivity index (χ3v) is 2.34. The van der Waals surface area contributed by atoms with Gasteiger partial charge in [-0.2, -0.15) is 5.26 Å². The molecule has 0 aromatic heterocycles. The molecule has 0 aromatic rings. The normalized spacial score (nSPS) is 12.1. The number of ketones is 1. The van der Waals surface area contributed by atoms with E-state index in [0.29, 0.717) is 6.42 Å². The van der Waals surface area contributed by atoms with E-state index >= 15 is 0 Å². The minimum Gasteiger partial charge on any atom is -0.300 e. The SMILES string of the molecule is CCCCCC(CCC#N)C(C)=O. The Labute approximate surface area is 80.9 Å². The van der Waals surface area contributed by atoms with Crippen LogP contribution >= 0.6 is 0 Å². The Morgan fingerprint density at radius 1 is 1.38 bits per heavy atom. The van der Waals surface area contributed by atoms with Crippen molar-refractivity contribution in [3.63, 3.8) is 0 Å². The predicted octanol–water partition coefficient (Wildman–Crippen LogP) is 3.08. The second-order valence-electron chi connectivity index (χ2n) is 3.50. The highest BCUT2D eigenvalue weighted by molar-refractivity contribution is 5.78. The first kappa shape index (κ1) is 12.2. The van der Waals surface area contributed by atoms with Crippen molar-refractivity contribution < 1.29 is 4.79 Å². The molecular formula is C11H19NO. The first-order valence-corrected chi connectivity index (χ1v) is 5.09. The fourth-order valence-electron chi connectivity index (χ4n) is 1.43. The first-order chi connectivity index (χ1) is 6.22. The second-order valence-corrected chi connectivity index (χ2v) is 3.50. The highest BCUT2D eigenvalue weighted by Gasteiger charge is 2.12. The molecular weight excluding hydrogens is 162 g/mol. The molecule has 2 heteroatoms. The number of carbonyl (C=O) groups excluding carboxylic acids is 1. The lowest BCUT2D eigenvalue weighted by atomic mass is 9.93. The summed E-state index contributed by atoms with van der Waals surface area (Å²) >= 11 is 0. The van der Waals surface area contributed by atoms with Crippen LogP contribution in [-0.4, -0.2) is 5.78 Å². The number of nitrogens with zero attached hydrogens (tertiary/aromatic N) is 1. The monoisotopic (exact) mass is 181 g/mol. The molecule has 0 fully saturated rings. The van der Waals surface area contributed by atoms with Gasteiger partial charge in [0.15, 0.2) is 0 Å². The quantitative estimate of drug-likeness (QED) is 0.566. The van der Waals surface area contributed by atoms with E-state index in [0.717, 1.165) is 19.3 Å². The summed E-state index contributed by atoms with van der Waals surface area (Å²) in [7, 11) is 0. The molecule has 0 saturated heterocycles. The van der Waals surface area contributed by atoms with Crippen LogP contribution in [0.3, 0.4) is 0 Å². The molecule has 0 aromatic carbocycles. The van der Waals surface area contributed by atoms with E-state index in [9.17, 15) is 4.79 Å². The van der Waals surface area contributed by atoms with E-state index in [1.54, 1.807) is 6.92 Å². The molecule has 0 saturated carbocycles. The number of Topliss-reactive ketones (excluding diaryl/α,β-unsaturated/α-hetero) is 1. The van der Waals surface area contributed by atoms with Crippen molar-refractivity contribution in [3.05, 3.63) is 0 Å². The third kappa shape index (κ3) is 6.33. The van der Waals surface area contributed by atoms with Crippen LogP contribution in [-0.2, 0) is 4.79 Å². The Kier molecular flexibility index (Phi) is 7.29. The molecule has 0 aliphatic carbocycles. The van der Waals surface area contributed by atoms with Crippen LogP contribution in [0.5, 0.6) is 0 Å². The Morgan fingerprint density at radius 3 is 2.54 bits per heavy atom. The number of unbranched alkanes of at least 4 members (excludes halogenated alkanes) is 2. The Morgan fingerprint density at radius 2 is 2.08 bits per heavy atom. The zero-order valence-corrected chi connectivity index (χ0v) is 8.68. The Balaban J connectivity index is 3.68. The van der Waals surface area contributed by atoms with Crippen molar-refractivity contribution in [2.75, 3.05) is 0 Å². The van der Waals surface area contributed by atoms with Crippen LogP contribution in [0, 0.1) is 17.2 Å². The van der Waals surface area contributed by atoms with Gasteiger partial charge in [0.2, 0.25) is 0 Å². The van der Waals surface area contributed by atoms with Crippen molar-refractivity contribution in [1.82, 2.24) is 0 Å². The van der Waals surface area contributed by atoms with Gasteiger partial charge in [0.05, 0.1) is 6.07 Å². The molecule has 0 rings (SSSR count). The van der Waals surface area contributed by atoms with E-state index in [1.165, 1.54) is 12.8 Å². The van der Waals surface area contributed by atoms with Gasteiger partial charge < -0.3 is 0 Å². The third-order valence-electron chi connectivity index (χ3n) is 2.34. The number of carbonyl (C=O) groups is 1. The van der Waals surface area contributed by atoms with E-state index in [1.807, 2.05) is 0 Å². The summed E-state index contributed by atoms with van der Waals surface area (Å²) in [5, 5.41) is 8.41. The second kappa shape index (κ2) is 7.79. The highest BCUT2D eigenvalue weighted by Crippen LogP contribution is 2.16. The molecule has 0 amide bonds. The minimum absolute atomic E-state index is 0.131. The predicted molar refractivity (Wildman–Crippen MR) is 53.2 cm³/mol. The lowest BCUT2D eigenvalue weighted by Gasteiger charge is -2.10. The maximum atomic E-state index is 11.1. The summed E-state index contributed by atoms with van der Waals surface area (Å²) in [5.74, 6) is 0.373. The molecule has 1 unspecified atom stereocenters. The summed E-state index contributed by atoms with van der Waals surface area (Å²) in [4.78, 5) is 11.1. The smallest absolute Gasteiger partial charge is 0.132 e. The minimum atomic E-state index is 0.131. The van der Waals surface area contributed by atoms with Crippen LogP contribution in [0.4, 0.5) is 0 Å². The molecule has 0 aliphatic heterocycles. The highest BCUT2D eigenvalue weighted by atomic mass is 16.1. The molecule has 1 atom stereocenters. The first-order valence-electron chi connectivity index (χ1n) is 5.09. The largest absolute Gasteiger partial charge is 0.300 e. The van der Waals surface area contributed by atoms with Crippen LogP contribution in [0.2, 0.25) is 0 Å². The fourth-order valence-corrected chi connectivity index (χ4v) is 1.43. The van der Waals surface area contributed by atoms with Gasteiger partial charge in [-0.25, -0.2) is 0 Å². The molecule has 0 spiro atoms. The summed E-state index contributed by atoms with van der Waals surface area (Å²) in [6.45, 7) is 3.78. The van der Waals surface area contributed by atoms with Crippen molar-refractivity contribution in [2.45, 2.75) is 52.4 Å². The van der Waals surface area contributed by atoms with Crippen molar-refractivity contribution >= 4 is 5.78 Å². The lowest BCUT2D eigenvalue weighted by molar-refractivity contribution is -0.121. The molecule has 13 heavy (non-hydrogen) atoms. The molecule has 74 valence electrons. The van der Waals surface area contributed by atoms with E-state index < -0.39 is 0 Å². The van der Waals surface area contributed by atoms with Gasteiger partial charge in [-0.3, -0.25) is 4.79 Å². The van der Waals surface area contributed by atoms with Crippen molar-refractivity contribution in [1.29, 1.82) is 5.26 Å². The van der Waals surface area contributed by atoms with Crippen LogP contribution in [0.15, 0.2) is 0 Å². The van der Waals surface area contributed by atoms with Crippen LogP contribution in [0.25, 0.3) is 0 Å². The summed E-state index contributed by atoms with van der Waals surface area (Å²) in [6.07, 6.45) is 5.71. The number of nitriles is 1. The Hall–Kier alpha value is -0.840. The maximum Gasteiger partial charge on any atom is 0.132 e. The summed E-state index contributed by atoms with van der Waals surface area (Å²) < 4.78 is 0. The average Bonchev–Trinajstić information content (AvgIpc) is 2.10. The number of hydrogen-bond donors (Lipinski definition) is 0. The topological polar surface area (TPSA) is 40.9 Å². The maximum absolute atomic E-state index is 11.1. The number of rotatable bonds is 7. The average molecular weight is 181 g/mol. The van der Waals surface area contributed by atoms with Gasteiger partial charge in [0.25, 0.3) is 0 Å². The molecule has 2 nitrogen and oxygen atoms in total. The molecule has 0 bridgehead atoms. The number of hydrogen-bond acceptors (Lipinski definition) is 2.